The number of nitrogens with zero attached hydrogens (tertiary/aromatic N) is 4. The van der Waals surface area contributed by atoms with E-state index >= 15 is 0 Å². The van der Waals surface area contributed by atoms with Gasteiger partial charge in [-0.1, -0.05) is 24.3 Å². The third kappa shape index (κ3) is 4.27. The van der Waals surface area contributed by atoms with Crippen molar-refractivity contribution in [2.75, 3.05) is 0 Å². The van der Waals surface area contributed by atoms with Crippen molar-refractivity contribution in [3.8, 4) is 23.0 Å². The molecule has 4 aromatic heterocycles. The number of rotatable bonds is 6. The summed E-state index contributed by atoms with van der Waals surface area (Å²) in [5.74, 6) is -1.18. The normalized spacial score (nSPS) is 11.2. The summed E-state index contributed by atoms with van der Waals surface area (Å²) in [7, 11) is 0. The predicted molar refractivity (Wildman–Crippen MR) is 135 cm³/mol. The molecule has 0 amide bonds. The Morgan fingerprint density at radius 3 is 1.51 bits per heavy atom. The van der Waals surface area contributed by atoms with E-state index in [0.29, 0.717) is 29.5 Å². The molecule has 0 saturated heterocycles. The molecule has 0 bridgehead atoms. The molecule has 0 unspecified atom stereocenters. The van der Waals surface area contributed by atoms with E-state index in [-0.39, 0.29) is 11.4 Å². The van der Waals surface area contributed by atoms with Crippen LogP contribution in [0.15, 0.2) is 72.8 Å². The Labute approximate surface area is 208 Å². The highest BCUT2D eigenvalue weighted by Gasteiger charge is 2.13. The maximum absolute atomic E-state index is 11.2. The van der Waals surface area contributed by atoms with E-state index in [1.807, 2.05) is 36.4 Å². The van der Waals surface area contributed by atoms with Gasteiger partial charge in [0.25, 0.3) is 0 Å². The number of fused-ring (bicyclic) bond motifs is 2. The van der Waals surface area contributed by atoms with Crippen molar-refractivity contribution in [1.29, 1.82) is 0 Å². The molecule has 0 aliphatic heterocycles. The van der Waals surface area contributed by atoms with Crippen molar-refractivity contribution >= 4 is 34.0 Å². The molecular formula is C27H18N6O4. The quantitative estimate of drug-likeness (QED) is 0.265. The number of aromatic nitrogens is 6. The number of aromatic carboxylic acids is 2. The second kappa shape index (κ2) is 8.68. The fourth-order valence-corrected chi connectivity index (χ4v) is 4.18. The van der Waals surface area contributed by atoms with Crippen molar-refractivity contribution < 1.29 is 19.8 Å². The molecule has 10 nitrogen and oxygen atoms in total. The van der Waals surface area contributed by atoms with E-state index in [2.05, 4.69) is 29.9 Å². The molecule has 4 heterocycles. The van der Waals surface area contributed by atoms with Gasteiger partial charge >= 0.3 is 11.9 Å². The van der Waals surface area contributed by atoms with Crippen LogP contribution in [-0.4, -0.2) is 52.1 Å². The summed E-state index contributed by atoms with van der Waals surface area (Å²) in [6, 6.07) is 21.4. The minimum Gasteiger partial charge on any atom is -0.477 e. The molecule has 0 atom stereocenters. The molecule has 0 saturated carbocycles. The van der Waals surface area contributed by atoms with Crippen LogP contribution in [0.4, 0.5) is 0 Å². The lowest BCUT2D eigenvalue weighted by Crippen LogP contribution is -2.00. The number of nitrogens with one attached hydrogen (secondary N) is 2. The third-order valence-electron chi connectivity index (χ3n) is 5.92. The summed E-state index contributed by atoms with van der Waals surface area (Å²) in [4.78, 5) is 46.4. The van der Waals surface area contributed by atoms with E-state index in [9.17, 15) is 19.8 Å². The number of benzene rings is 2. The maximum atomic E-state index is 11.2. The molecule has 6 rings (SSSR count). The van der Waals surface area contributed by atoms with E-state index in [0.717, 1.165) is 33.2 Å². The molecule has 0 aliphatic rings. The van der Waals surface area contributed by atoms with Gasteiger partial charge in [-0.25, -0.2) is 29.5 Å². The van der Waals surface area contributed by atoms with Gasteiger partial charge in [-0.3, -0.25) is 0 Å². The summed E-state index contributed by atoms with van der Waals surface area (Å²) in [6.45, 7) is 0. The van der Waals surface area contributed by atoms with Gasteiger partial charge in [-0.15, -0.1) is 0 Å². The van der Waals surface area contributed by atoms with E-state index < -0.39 is 11.9 Å². The Hall–Kier alpha value is -5.38. The Kier molecular flexibility index (Phi) is 5.19. The van der Waals surface area contributed by atoms with Crippen molar-refractivity contribution in [2.24, 2.45) is 0 Å². The average molecular weight is 490 g/mol. The van der Waals surface area contributed by atoms with Crippen molar-refractivity contribution in [3.05, 3.63) is 95.3 Å². The molecule has 0 radical (unpaired) electrons. The largest absolute Gasteiger partial charge is 0.477 e. The lowest BCUT2D eigenvalue weighted by molar-refractivity contribution is 0.0680. The molecule has 37 heavy (non-hydrogen) atoms. The zero-order valence-corrected chi connectivity index (χ0v) is 19.1. The first-order valence-electron chi connectivity index (χ1n) is 11.3. The Morgan fingerprint density at radius 2 is 1.08 bits per heavy atom. The second-order valence-corrected chi connectivity index (χ2v) is 8.48. The molecule has 6 aromatic rings. The third-order valence-corrected chi connectivity index (χ3v) is 5.92. The molecular weight excluding hydrogens is 472 g/mol. The summed E-state index contributed by atoms with van der Waals surface area (Å²) in [6.07, 6.45) is 0.661. The Balaban J connectivity index is 1.27. The van der Waals surface area contributed by atoms with Gasteiger partial charge in [-0.2, -0.15) is 0 Å². The number of carbonyl (C=O) groups is 2. The van der Waals surface area contributed by atoms with Crippen LogP contribution in [-0.2, 0) is 6.42 Å². The maximum Gasteiger partial charge on any atom is 0.354 e. The summed E-state index contributed by atoms with van der Waals surface area (Å²) in [5, 5.41) is 18.4. The van der Waals surface area contributed by atoms with Crippen molar-refractivity contribution in [1.82, 2.24) is 29.9 Å². The van der Waals surface area contributed by atoms with Gasteiger partial charge in [0, 0.05) is 0 Å². The van der Waals surface area contributed by atoms with Gasteiger partial charge in [0.2, 0.25) is 0 Å². The fraction of sp³-hybridized carbons (Fsp3) is 0.0370. The zero-order chi connectivity index (χ0) is 25.5. The molecule has 0 aliphatic carbocycles. The fourth-order valence-electron chi connectivity index (χ4n) is 4.18. The number of carboxylic acid groups (broad SMARTS) is 2. The van der Waals surface area contributed by atoms with E-state index in [1.54, 1.807) is 24.3 Å². The van der Waals surface area contributed by atoms with Crippen molar-refractivity contribution in [2.45, 2.75) is 6.42 Å². The van der Waals surface area contributed by atoms with E-state index in [4.69, 9.17) is 0 Å². The van der Waals surface area contributed by atoms with Gasteiger partial charge in [0.15, 0.2) is 11.6 Å². The number of aromatic amines is 2. The van der Waals surface area contributed by atoms with Crippen LogP contribution < -0.4 is 0 Å². The lowest BCUT2D eigenvalue weighted by atomic mass is 10.0. The van der Waals surface area contributed by atoms with Crippen LogP contribution in [0.1, 0.15) is 32.1 Å². The van der Waals surface area contributed by atoms with Gasteiger partial charge < -0.3 is 20.2 Å². The first-order chi connectivity index (χ1) is 17.9. The molecule has 180 valence electrons. The smallest absolute Gasteiger partial charge is 0.354 e. The minimum absolute atomic E-state index is 0.0404. The molecule has 10 heteroatoms. The highest BCUT2D eigenvalue weighted by atomic mass is 16.4. The van der Waals surface area contributed by atoms with Crippen LogP contribution >= 0.6 is 0 Å². The van der Waals surface area contributed by atoms with Gasteiger partial charge in [0.05, 0.1) is 22.1 Å². The number of H-pyrrole nitrogens is 2. The molecule has 4 N–H and O–H groups in total. The van der Waals surface area contributed by atoms with Gasteiger partial charge in [0.1, 0.15) is 22.8 Å². The van der Waals surface area contributed by atoms with Crippen LogP contribution in [0.25, 0.3) is 45.1 Å². The number of imidazole rings is 2. The highest BCUT2D eigenvalue weighted by molar-refractivity contribution is 5.87. The van der Waals surface area contributed by atoms with Crippen LogP contribution in [0.5, 0.6) is 0 Å². The van der Waals surface area contributed by atoms with Gasteiger partial charge in [-0.05, 0) is 66.1 Å². The topological polar surface area (TPSA) is 158 Å². The number of hydrogen-bond donors (Lipinski definition) is 4. The zero-order valence-electron chi connectivity index (χ0n) is 19.1. The first kappa shape index (κ1) is 22.1. The second-order valence-electron chi connectivity index (χ2n) is 8.48. The number of carboxylic acids is 2. The number of hydrogen-bond acceptors (Lipinski definition) is 6. The van der Waals surface area contributed by atoms with Crippen LogP contribution in [0, 0.1) is 0 Å². The van der Waals surface area contributed by atoms with Crippen LogP contribution in [0.3, 0.4) is 0 Å². The molecule has 0 spiro atoms. The Morgan fingerprint density at radius 1 is 0.622 bits per heavy atom. The Bertz CT molecular complexity index is 1700. The lowest BCUT2D eigenvalue weighted by Gasteiger charge is -2.02. The minimum atomic E-state index is -1.09. The highest BCUT2D eigenvalue weighted by Crippen LogP contribution is 2.24. The SMILES string of the molecule is O=C(O)c1cccc(-c2nc3ccc(Cc4ccc5nc(-c6cccc(C(=O)O)n6)[nH]c5c4)cc3[nH]2)n1. The van der Waals surface area contributed by atoms with Crippen LogP contribution in [0.2, 0.25) is 0 Å². The molecule has 2 aromatic carbocycles. The van der Waals surface area contributed by atoms with Crippen molar-refractivity contribution in [3.63, 3.8) is 0 Å². The first-order valence-corrected chi connectivity index (χ1v) is 11.3. The predicted octanol–water partition coefficient (Wildman–Crippen LogP) is 4.55. The summed E-state index contributed by atoms with van der Waals surface area (Å²) < 4.78 is 0. The summed E-state index contributed by atoms with van der Waals surface area (Å²) >= 11 is 0. The van der Waals surface area contributed by atoms with E-state index in [1.165, 1.54) is 12.1 Å². The monoisotopic (exact) mass is 490 g/mol. The summed E-state index contributed by atoms with van der Waals surface area (Å²) in [5.41, 5.74) is 6.12. The standard InChI is InChI=1S/C27H18N6O4/c34-26(35)20-5-1-3-18(28-20)24-30-16-9-7-14(12-22(16)32-24)11-15-8-10-17-23(13-15)33-25(31-17)19-4-2-6-21(29-19)27(36)37/h1-10,12-13H,11H2,(H,30,32)(H,31,33)(H,34,35)(H,36,37). The number of pyridine rings is 2. The average Bonchev–Trinajstić information content (AvgIpc) is 3.53. The molecule has 0 fully saturated rings.